The molecule has 0 aliphatic carbocycles. The molecular weight excluding hydrogens is 326 g/mol. The lowest BCUT2D eigenvalue weighted by molar-refractivity contribution is -0.159. The Balaban J connectivity index is 1.83. The van der Waals surface area contributed by atoms with Crippen LogP contribution in [0.5, 0.6) is 0 Å². The Bertz CT molecular complexity index is 914. The van der Waals surface area contributed by atoms with Gasteiger partial charge in [0.25, 0.3) is 5.91 Å². The predicted molar refractivity (Wildman–Crippen MR) is 102 cm³/mol. The molecule has 0 spiro atoms. The lowest BCUT2D eigenvalue weighted by Gasteiger charge is -2.21. The molecule has 0 aromatic heterocycles. The maximum Gasteiger partial charge on any atom is 0.311 e. The SMILES string of the molecule is CN(C)C(=O)[C@@H](OC(=O)Cc1cccc2ccccc12)c1ccccc1. The highest BCUT2D eigenvalue weighted by Crippen LogP contribution is 2.23. The average Bonchev–Trinajstić information content (AvgIpc) is 2.66. The third-order valence-corrected chi connectivity index (χ3v) is 4.23. The van der Waals surface area contributed by atoms with Gasteiger partial charge in [0.1, 0.15) is 0 Å². The van der Waals surface area contributed by atoms with Crippen LogP contribution in [0.4, 0.5) is 0 Å². The first kappa shape index (κ1) is 17.7. The molecule has 0 saturated carbocycles. The molecule has 4 nitrogen and oxygen atoms in total. The lowest BCUT2D eigenvalue weighted by atomic mass is 10.0. The number of ether oxygens (including phenoxy) is 1. The van der Waals surface area contributed by atoms with E-state index in [0.717, 1.165) is 16.3 Å². The van der Waals surface area contributed by atoms with Gasteiger partial charge in [-0.2, -0.15) is 0 Å². The van der Waals surface area contributed by atoms with E-state index in [1.807, 2.05) is 60.7 Å². The fourth-order valence-corrected chi connectivity index (χ4v) is 2.90. The number of hydrogen-bond donors (Lipinski definition) is 0. The number of carbonyl (C=O) groups is 2. The summed E-state index contributed by atoms with van der Waals surface area (Å²) < 4.78 is 5.58. The molecule has 26 heavy (non-hydrogen) atoms. The molecule has 1 atom stereocenters. The van der Waals surface area contributed by atoms with Gasteiger partial charge in [-0.1, -0.05) is 72.8 Å². The maximum absolute atomic E-state index is 12.6. The number of carbonyl (C=O) groups excluding carboxylic acids is 2. The van der Waals surface area contributed by atoms with Crippen LogP contribution in [-0.4, -0.2) is 30.9 Å². The number of benzene rings is 3. The van der Waals surface area contributed by atoms with E-state index in [2.05, 4.69) is 0 Å². The number of esters is 1. The van der Waals surface area contributed by atoms with Crippen LogP contribution in [0.25, 0.3) is 10.8 Å². The molecule has 0 radical (unpaired) electrons. The zero-order valence-corrected chi connectivity index (χ0v) is 14.9. The van der Waals surface area contributed by atoms with E-state index in [1.54, 1.807) is 26.2 Å². The van der Waals surface area contributed by atoms with Gasteiger partial charge in [0.2, 0.25) is 6.10 Å². The van der Waals surface area contributed by atoms with Gasteiger partial charge in [-0.25, -0.2) is 0 Å². The lowest BCUT2D eigenvalue weighted by Crippen LogP contribution is -2.31. The van der Waals surface area contributed by atoms with Crippen molar-refractivity contribution in [3.8, 4) is 0 Å². The van der Waals surface area contributed by atoms with Gasteiger partial charge in [0.15, 0.2) is 0 Å². The number of amides is 1. The molecule has 3 rings (SSSR count). The summed E-state index contributed by atoms with van der Waals surface area (Å²) >= 11 is 0. The van der Waals surface area contributed by atoms with Crippen LogP contribution in [-0.2, 0) is 20.7 Å². The second-order valence-electron chi connectivity index (χ2n) is 6.33. The van der Waals surface area contributed by atoms with Crippen molar-refractivity contribution in [2.45, 2.75) is 12.5 Å². The number of nitrogens with zero attached hydrogens (tertiary/aromatic N) is 1. The summed E-state index contributed by atoms with van der Waals surface area (Å²) in [5.74, 6) is -0.687. The highest BCUT2D eigenvalue weighted by molar-refractivity contribution is 5.90. The first-order valence-electron chi connectivity index (χ1n) is 8.48. The highest BCUT2D eigenvalue weighted by atomic mass is 16.5. The Morgan fingerprint density at radius 3 is 2.27 bits per heavy atom. The molecule has 0 aliphatic rings. The van der Waals surface area contributed by atoms with Crippen molar-refractivity contribution in [1.82, 2.24) is 4.90 Å². The van der Waals surface area contributed by atoms with E-state index in [4.69, 9.17) is 4.74 Å². The Labute approximate surface area is 153 Å². The van der Waals surface area contributed by atoms with E-state index in [-0.39, 0.29) is 12.3 Å². The summed E-state index contributed by atoms with van der Waals surface area (Å²) in [5.41, 5.74) is 1.55. The van der Waals surface area contributed by atoms with Crippen LogP contribution < -0.4 is 0 Å². The van der Waals surface area contributed by atoms with E-state index in [0.29, 0.717) is 5.56 Å². The van der Waals surface area contributed by atoms with Gasteiger partial charge in [-0.3, -0.25) is 9.59 Å². The van der Waals surface area contributed by atoms with E-state index in [1.165, 1.54) is 4.90 Å². The van der Waals surface area contributed by atoms with Gasteiger partial charge in [0, 0.05) is 19.7 Å². The smallest absolute Gasteiger partial charge is 0.311 e. The normalized spacial score (nSPS) is 11.8. The topological polar surface area (TPSA) is 46.6 Å². The molecule has 3 aromatic carbocycles. The van der Waals surface area contributed by atoms with Gasteiger partial charge in [-0.15, -0.1) is 0 Å². The van der Waals surface area contributed by atoms with Crippen molar-refractivity contribution < 1.29 is 14.3 Å². The predicted octanol–water partition coefficient (Wildman–Crippen LogP) is 3.76. The van der Waals surface area contributed by atoms with E-state index < -0.39 is 12.1 Å². The first-order valence-corrected chi connectivity index (χ1v) is 8.48. The van der Waals surface area contributed by atoms with E-state index in [9.17, 15) is 9.59 Å². The summed E-state index contributed by atoms with van der Waals surface area (Å²) in [5, 5.41) is 2.09. The summed E-state index contributed by atoms with van der Waals surface area (Å²) in [4.78, 5) is 26.5. The van der Waals surface area contributed by atoms with Crippen LogP contribution in [0.1, 0.15) is 17.2 Å². The van der Waals surface area contributed by atoms with E-state index >= 15 is 0 Å². The largest absolute Gasteiger partial charge is 0.447 e. The fraction of sp³-hybridized carbons (Fsp3) is 0.182. The average molecular weight is 347 g/mol. The van der Waals surface area contributed by atoms with Gasteiger partial charge >= 0.3 is 5.97 Å². The highest BCUT2D eigenvalue weighted by Gasteiger charge is 2.26. The van der Waals surface area contributed by atoms with Crippen LogP contribution in [0.3, 0.4) is 0 Å². The molecule has 0 N–H and O–H groups in total. The van der Waals surface area contributed by atoms with Crippen molar-refractivity contribution in [2.24, 2.45) is 0 Å². The quantitative estimate of drug-likeness (QED) is 0.660. The molecule has 0 fully saturated rings. The number of rotatable bonds is 5. The Morgan fingerprint density at radius 2 is 1.54 bits per heavy atom. The van der Waals surface area contributed by atoms with Crippen LogP contribution in [0, 0.1) is 0 Å². The summed E-state index contributed by atoms with van der Waals surface area (Å²) in [7, 11) is 3.30. The first-order chi connectivity index (χ1) is 12.6. The standard InChI is InChI=1S/C22H21NO3/c1-23(2)22(25)21(17-10-4-3-5-11-17)26-20(24)15-18-13-8-12-16-9-6-7-14-19(16)18/h3-14,21H,15H2,1-2H3/t21-/m0/s1. The summed E-state index contributed by atoms with van der Waals surface area (Å²) in [6.07, 6.45) is -0.820. The fourth-order valence-electron chi connectivity index (χ4n) is 2.90. The Kier molecular flexibility index (Phi) is 5.32. The van der Waals surface area contributed by atoms with Crippen molar-refractivity contribution in [3.05, 3.63) is 83.9 Å². The number of fused-ring (bicyclic) bond motifs is 1. The zero-order valence-electron chi connectivity index (χ0n) is 14.9. The van der Waals surface area contributed by atoms with Crippen LogP contribution >= 0.6 is 0 Å². The molecule has 3 aromatic rings. The minimum absolute atomic E-state index is 0.116. The zero-order chi connectivity index (χ0) is 18.5. The summed E-state index contributed by atoms with van der Waals surface area (Å²) in [6.45, 7) is 0. The number of hydrogen-bond acceptors (Lipinski definition) is 3. The van der Waals surface area contributed by atoms with Crippen LogP contribution in [0.15, 0.2) is 72.8 Å². The van der Waals surface area contributed by atoms with Crippen LogP contribution in [0.2, 0.25) is 0 Å². The van der Waals surface area contributed by atoms with Gasteiger partial charge in [0.05, 0.1) is 6.42 Å². The molecule has 0 aliphatic heterocycles. The third-order valence-electron chi connectivity index (χ3n) is 4.23. The van der Waals surface area contributed by atoms with Gasteiger partial charge < -0.3 is 9.64 Å². The molecule has 0 bridgehead atoms. The van der Waals surface area contributed by atoms with Crippen molar-refractivity contribution in [2.75, 3.05) is 14.1 Å². The second-order valence-corrected chi connectivity index (χ2v) is 6.33. The second kappa shape index (κ2) is 7.83. The Morgan fingerprint density at radius 1 is 0.885 bits per heavy atom. The molecule has 0 heterocycles. The number of likely N-dealkylation sites (N-methyl/N-ethyl adjacent to an activating group) is 1. The molecule has 1 amide bonds. The maximum atomic E-state index is 12.6. The molecule has 0 unspecified atom stereocenters. The monoisotopic (exact) mass is 347 g/mol. The van der Waals surface area contributed by atoms with Crippen molar-refractivity contribution in [3.63, 3.8) is 0 Å². The van der Waals surface area contributed by atoms with Crippen molar-refractivity contribution >= 4 is 22.6 Å². The summed E-state index contributed by atoms with van der Waals surface area (Å²) in [6, 6.07) is 22.8. The van der Waals surface area contributed by atoms with Crippen molar-refractivity contribution in [1.29, 1.82) is 0 Å². The molecule has 132 valence electrons. The third kappa shape index (κ3) is 3.91. The minimum Gasteiger partial charge on any atom is -0.447 e. The van der Waals surface area contributed by atoms with Gasteiger partial charge in [-0.05, 0) is 16.3 Å². The Hall–Kier alpha value is -3.14. The molecular formula is C22H21NO3. The molecule has 4 heteroatoms. The molecule has 0 saturated heterocycles. The minimum atomic E-state index is -0.936.